The average Bonchev–Trinajstić information content (AvgIpc) is 2.97. The molecule has 1 aliphatic heterocycles. The quantitative estimate of drug-likeness (QED) is 0.157. The summed E-state index contributed by atoms with van der Waals surface area (Å²) in [6.45, 7) is 8.81. The van der Waals surface area contributed by atoms with E-state index in [9.17, 15) is 3.89 Å². The summed E-state index contributed by atoms with van der Waals surface area (Å²) in [5, 5.41) is 0. The second-order valence-corrected chi connectivity index (χ2v) is 10.4. The van der Waals surface area contributed by atoms with E-state index < -0.39 is 0 Å². The van der Waals surface area contributed by atoms with Gasteiger partial charge in [0.15, 0.2) is 0 Å². The van der Waals surface area contributed by atoms with Gasteiger partial charge in [-0.15, -0.1) is 0 Å². The lowest BCUT2D eigenvalue weighted by atomic mass is 10.1. The minimum atomic E-state index is 0.428. The number of methoxy groups -OCH3 is 1. The summed E-state index contributed by atoms with van der Waals surface area (Å²) in [5.74, 6) is 1.39. The van der Waals surface area contributed by atoms with E-state index in [2.05, 4.69) is 76.0 Å². The fraction of sp³-hybridized carbons (Fsp3) is 0.290. The number of piperazine rings is 1. The summed E-state index contributed by atoms with van der Waals surface area (Å²) in [6.07, 6.45) is 8.33. The van der Waals surface area contributed by atoms with E-state index in [1.54, 1.807) is 19.1 Å². The SMILES string of the molecule is CC.COc1cc(/C=C/c2ccc(SN3CCN(CCSF)CC3)cc2)ccc1/C=C/c1ccc(N)cc1. The number of nitrogens with zero attached hydrogens (tertiary/aromatic N) is 2. The van der Waals surface area contributed by atoms with Crippen LogP contribution in [-0.4, -0.2) is 54.8 Å². The normalized spacial score (nSPS) is 14.5. The number of anilines is 1. The van der Waals surface area contributed by atoms with E-state index in [1.165, 1.54) is 4.90 Å². The van der Waals surface area contributed by atoms with Gasteiger partial charge in [0.2, 0.25) is 0 Å². The van der Waals surface area contributed by atoms with Gasteiger partial charge in [-0.05, 0) is 59.0 Å². The van der Waals surface area contributed by atoms with Gasteiger partial charge in [-0.1, -0.05) is 74.5 Å². The standard InChI is InChI=1S/C29H32FN3OS2.C2H6/c1-34-29-22-25(5-11-26(29)10-4-24-6-12-27(31)13-7-24)3-2-23-8-14-28(15-9-23)36-33-18-16-32(17-19-33)20-21-35-30;1-2/h2-15,22H,16-21,31H2,1H3;1-2H3/b3-2+,10-4+;. The van der Waals surface area contributed by atoms with Crippen molar-refractivity contribution in [2.75, 3.05) is 51.3 Å². The van der Waals surface area contributed by atoms with Crippen molar-refractivity contribution in [3.63, 3.8) is 0 Å². The van der Waals surface area contributed by atoms with Crippen LogP contribution in [0.4, 0.5) is 9.57 Å². The summed E-state index contributed by atoms with van der Waals surface area (Å²) >= 11 is 2.23. The Bertz CT molecular complexity index is 1160. The van der Waals surface area contributed by atoms with E-state index in [1.807, 2.05) is 38.1 Å². The van der Waals surface area contributed by atoms with Crippen LogP contribution in [0.25, 0.3) is 24.3 Å². The minimum absolute atomic E-state index is 0.428. The lowest BCUT2D eigenvalue weighted by Gasteiger charge is -2.33. The Balaban J connectivity index is 0.00000195. The Kier molecular flexibility index (Phi) is 12.8. The first-order chi connectivity index (χ1) is 18.6. The highest BCUT2D eigenvalue weighted by atomic mass is 32.2. The van der Waals surface area contributed by atoms with Gasteiger partial charge in [0, 0.05) is 66.8 Å². The topological polar surface area (TPSA) is 41.7 Å². The van der Waals surface area contributed by atoms with E-state index in [-0.39, 0.29) is 0 Å². The Morgan fingerprint density at radius 1 is 0.816 bits per heavy atom. The molecule has 0 aromatic heterocycles. The molecule has 0 spiro atoms. The van der Waals surface area contributed by atoms with Crippen molar-refractivity contribution >= 4 is 54.1 Å². The first-order valence-electron chi connectivity index (χ1n) is 13.0. The molecule has 202 valence electrons. The lowest BCUT2D eigenvalue weighted by molar-refractivity contribution is 0.206. The summed E-state index contributed by atoms with van der Waals surface area (Å²) in [4.78, 5) is 3.56. The number of nitrogen functional groups attached to an aromatic ring is 1. The molecule has 38 heavy (non-hydrogen) atoms. The van der Waals surface area contributed by atoms with Crippen molar-refractivity contribution in [3.05, 3.63) is 89.0 Å². The fourth-order valence-electron chi connectivity index (χ4n) is 3.95. The Hall–Kier alpha value is -2.71. The van der Waals surface area contributed by atoms with Gasteiger partial charge in [-0.3, -0.25) is 4.90 Å². The number of benzene rings is 3. The van der Waals surface area contributed by atoms with Crippen molar-refractivity contribution in [2.24, 2.45) is 0 Å². The third kappa shape index (κ3) is 9.55. The fourth-order valence-corrected chi connectivity index (χ4v) is 5.18. The molecule has 0 atom stereocenters. The number of halogens is 1. The number of ether oxygens (including phenoxy) is 1. The number of hydrogen-bond acceptors (Lipinski definition) is 6. The molecule has 1 heterocycles. The predicted octanol–water partition coefficient (Wildman–Crippen LogP) is 7.89. The minimum Gasteiger partial charge on any atom is -0.496 e. The molecule has 0 aliphatic carbocycles. The van der Waals surface area contributed by atoms with Crippen molar-refractivity contribution in [1.29, 1.82) is 0 Å². The van der Waals surface area contributed by atoms with Crippen molar-refractivity contribution in [2.45, 2.75) is 18.7 Å². The largest absolute Gasteiger partial charge is 0.496 e. The molecule has 3 aromatic rings. The van der Waals surface area contributed by atoms with Gasteiger partial charge in [-0.25, -0.2) is 4.31 Å². The molecule has 4 rings (SSSR count). The van der Waals surface area contributed by atoms with Crippen LogP contribution in [0.3, 0.4) is 0 Å². The first kappa shape index (κ1) is 29.8. The van der Waals surface area contributed by atoms with Crippen LogP contribution >= 0.6 is 24.1 Å². The zero-order valence-electron chi connectivity index (χ0n) is 22.5. The van der Waals surface area contributed by atoms with E-state index >= 15 is 0 Å². The summed E-state index contributed by atoms with van der Waals surface area (Å²) in [7, 11) is 1.70. The van der Waals surface area contributed by atoms with Gasteiger partial charge in [-0.2, -0.15) is 3.89 Å². The average molecular weight is 552 g/mol. The zero-order valence-corrected chi connectivity index (χ0v) is 24.1. The van der Waals surface area contributed by atoms with Crippen molar-refractivity contribution < 1.29 is 8.62 Å². The number of rotatable bonds is 10. The van der Waals surface area contributed by atoms with Crippen LogP contribution in [0.1, 0.15) is 36.1 Å². The van der Waals surface area contributed by atoms with Gasteiger partial charge in [0.25, 0.3) is 0 Å². The van der Waals surface area contributed by atoms with Gasteiger partial charge < -0.3 is 10.5 Å². The highest BCUT2D eigenvalue weighted by Crippen LogP contribution is 2.26. The van der Waals surface area contributed by atoms with Crippen LogP contribution in [0.15, 0.2) is 71.6 Å². The smallest absolute Gasteiger partial charge is 0.126 e. The molecule has 0 saturated carbocycles. The summed E-state index contributed by atoms with van der Waals surface area (Å²) in [5.41, 5.74) is 10.9. The molecule has 0 amide bonds. The molecule has 1 fully saturated rings. The van der Waals surface area contributed by atoms with Crippen LogP contribution in [-0.2, 0) is 0 Å². The predicted molar refractivity (Wildman–Crippen MR) is 167 cm³/mol. The number of nitrogens with two attached hydrogens (primary N) is 1. The summed E-state index contributed by atoms with van der Waals surface area (Å²) < 4.78 is 20.3. The maximum Gasteiger partial charge on any atom is 0.126 e. The maximum atomic E-state index is 12.3. The molecule has 7 heteroatoms. The van der Waals surface area contributed by atoms with Crippen LogP contribution in [0.2, 0.25) is 0 Å². The molecule has 4 nitrogen and oxygen atoms in total. The second-order valence-electron chi connectivity index (χ2n) is 8.58. The highest BCUT2D eigenvalue weighted by molar-refractivity contribution is 7.97. The third-order valence-corrected chi connectivity index (χ3v) is 7.49. The van der Waals surface area contributed by atoms with Crippen molar-refractivity contribution in [1.82, 2.24) is 9.21 Å². The second kappa shape index (κ2) is 16.3. The first-order valence-corrected chi connectivity index (χ1v) is 14.7. The van der Waals surface area contributed by atoms with E-state index in [0.29, 0.717) is 17.9 Å². The molecule has 1 saturated heterocycles. The van der Waals surface area contributed by atoms with Crippen LogP contribution in [0.5, 0.6) is 5.75 Å². The van der Waals surface area contributed by atoms with Crippen LogP contribution in [0, 0.1) is 0 Å². The molecule has 0 radical (unpaired) electrons. The highest BCUT2D eigenvalue weighted by Gasteiger charge is 2.17. The molecular formula is C31H38FN3OS2. The van der Waals surface area contributed by atoms with Crippen LogP contribution < -0.4 is 10.5 Å². The molecular weight excluding hydrogens is 513 g/mol. The molecule has 1 aliphatic rings. The van der Waals surface area contributed by atoms with Gasteiger partial charge in [0.05, 0.1) is 7.11 Å². The Morgan fingerprint density at radius 2 is 1.39 bits per heavy atom. The molecule has 3 aromatic carbocycles. The van der Waals surface area contributed by atoms with E-state index in [0.717, 1.165) is 66.4 Å². The number of hydrogen-bond donors (Lipinski definition) is 1. The zero-order chi connectivity index (χ0) is 27.2. The third-order valence-electron chi connectivity index (χ3n) is 6.05. The van der Waals surface area contributed by atoms with Crippen molar-refractivity contribution in [3.8, 4) is 5.75 Å². The Morgan fingerprint density at radius 3 is 2.03 bits per heavy atom. The Labute approximate surface area is 236 Å². The summed E-state index contributed by atoms with van der Waals surface area (Å²) in [6, 6.07) is 22.6. The van der Waals surface area contributed by atoms with E-state index in [4.69, 9.17) is 10.5 Å². The lowest BCUT2D eigenvalue weighted by Crippen LogP contribution is -2.44. The van der Waals surface area contributed by atoms with Gasteiger partial charge in [0.1, 0.15) is 5.75 Å². The molecule has 2 N–H and O–H groups in total. The molecule has 0 bridgehead atoms. The molecule has 0 unspecified atom stereocenters. The monoisotopic (exact) mass is 551 g/mol. The maximum absolute atomic E-state index is 12.3. The van der Waals surface area contributed by atoms with Gasteiger partial charge >= 0.3 is 0 Å².